The largest absolute Gasteiger partial charge is 0.385 e. The van der Waals surface area contributed by atoms with Crippen LogP contribution in [0.1, 0.15) is 39.0 Å². The molecule has 1 aromatic heterocycles. The summed E-state index contributed by atoms with van der Waals surface area (Å²) in [4.78, 5) is 23.9. The van der Waals surface area contributed by atoms with Crippen molar-refractivity contribution < 1.29 is 9.53 Å². The van der Waals surface area contributed by atoms with Gasteiger partial charge < -0.3 is 10.1 Å². The molecule has 1 aliphatic rings. The van der Waals surface area contributed by atoms with Crippen molar-refractivity contribution in [2.75, 3.05) is 19.5 Å². The van der Waals surface area contributed by atoms with Gasteiger partial charge in [-0.15, -0.1) is 5.10 Å². The highest BCUT2D eigenvalue weighted by molar-refractivity contribution is 7.99. The number of thioether (sulfide) groups is 1. The Morgan fingerprint density at radius 3 is 3.00 bits per heavy atom. The first-order valence-electron chi connectivity index (χ1n) is 8.18. The highest BCUT2D eigenvalue weighted by atomic mass is 32.2. The lowest BCUT2D eigenvalue weighted by Gasteiger charge is -2.29. The first-order chi connectivity index (χ1) is 11.1. The number of hydrogen-bond acceptors (Lipinski definition) is 5. The number of carbonyl (C=O) groups is 1. The van der Waals surface area contributed by atoms with E-state index in [9.17, 15) is 9.59 Å². The fourth-order valence-corrected chi connectivity index (χ4v) is 3.67. The Morgan fingerprint density at radius 2 is 2.26 bits per heavy atom. The first-order valence-corrected chi connectivity index (χ1v) is 9.16. The third-order valence-electron chi connectivity index (χ3n) is 4.24. The molecule has 0 unspecified atom stereocenters. The summed E-state index contributed by atoms with van der Waals surface area (Å²) in [5.41, 5.74) is -0.245. The lowest BCUT2D eigenvalue weighted by Crippen LogP contribution is -2.41. The number of hydrogen-bond donors (Lipinski definition) is 2. The molecule has 1 aliphatic carbocycles. The zero-order valence-corrected chi connectivity index (χ0v) is 14.7. The van der Waals surface area contributed by atoms with Crippen molar-refractivity contribution in [3.8, 4) is 0 Å². The number of aromatic nitrogens is 3. The van der Waals surface area contributed by atoms with Crippen molar-refractivity contribution in [1.82, 2.24) is 20.1 Å². The lowest BCUT2D eigenvalue weighted by molar-refractivity contribution is -0.119. The monoisotopic (exact) mass is 342 g/mol. The molecule has 130 valence electrons. The second kappa shape index (κ2) is 9.12. The molecule has 1 fully saturated rings. The summed E-state index contributed by atoms with van der Waals surface area (Å²) < 4.78 is 6.55. The van der Waals surface area contributed by atoms with Gasteiger partial charge >= 0.3 is 5.69 Å². The molecule has 1 saturated carbocycles. The average Bonchev–Trinajstić information content (AvgIpc) is 2.88. The van der Waals surface area contributed by atoms with E-state index in [-0.39, 0.29) is 23.4 Å². The van der Waals surface area contributed by atoms with Crippen LogP contribution in [0.15, 0.2) is 9.95 Å². The summed E-state index contributed by atoms with van der Waals surface area (Å²) in [7, 11) is 1.63. The molecule has 0 aliphatic heterocycles. The SMILES string of the molecule is COCCCn1c(SCC(=O)N[C@@H]2CCCC[C@@H]2C)n[nH]c1=O. The molecule has 0 bridgehead atoms. The first kappa shape index (κ1) is 18.1. The van der Waals surface area contributed by atoms with Gasteiger partial charge in [0.15, 0.2) is 5.16 Å². The zero-order valence-electron chi connectivity index (χ0n) is 13.8. The van der Waals surface area contributed by atoms with Gasteiger partial charge in [0, 0.05) is 26.3 Å². The van der Waals surface area contributed by atoms with Crippen molar-refractivity contribution in [1.29, 1.82) is 0 Å². The molecule has 0 spiro atoms. The molecule has 2 atom stereocenters. The molecule has 1 amide bonds. The molecule has 2 rings (SSSR count). The Hall–Kier alpha value is -1.28. The molecule has 2 N–H and O–H groups in total. The van der Waals surface area contributed by atoms with Gasteiger partial charge in [0.1, 0.15) is 0 Å². The number of rotatable bonds is 8. The summed E-state index contributed by atoms with van der Waals surface area (Å²) in [5, 5.41) is 10.1. The van der Waals surface area contributed by atoms with Gasteiger partial charge in [-0.2, -0.15) is 0 Å². The topological polar surface area (TPSA) is 89.0 Å². The van der Waals surface area contributed by atoms with E-state index in [0.717, 1.165) is 12.8 Å². The van der Waals surface area contributed by atoms with Crippen LogP contribution in [0.2, 0.25) is 0 Å². The number of aromatic amines is 1. The predicted octanol–water partition coefficient (Wildman–Crippen LogP) is 1.39. The fourth-order valence-electron chi connectivity index (χ4n) is 2.89. The maximum Gasteiger partial charge on any atom is 0.343 e. The molecule has 1 heterocycles. The summed E-state index contributed by atoms with van der Waals surface area (Å²) in [6, 6.07) is 0.278. The van der Waals surface area contributed by atoms with Crippen LogP contribution in [-0.4, -0.2) is 46.2 Å². The van der Waals surface area contributed by atoms with E-state index >= 15 is 0 Å². The van der Waals surface area contributed by atoms with E-state index in [1.165, 1.54) is 31.0 Å². The van der Waals surface area contributed by atoms with Gasteiger partial charge in [-0.05, 0) is 25.2 Å². The lowest BCUT2D eigenvalue weighted by atomic mass is 9.86. The molecule has 0 aromatic carbocycles. The maximum absolute atomic E-state index is 12.1. The Balaban J connectivity index is 1.83. The van der Waals surface area contributed by atoms with Crippen LogP contribution in [-0.2, 0) is 16.1 Å². The van der Waals surface area contributed by atoms with Gasteiger partial charge in [0.2, 0.25) is 5.91 Å². The normalized spacial score (nSPS) is 21.3. The predicted molar refractivity (Wildman–Crippen MR) is 89.6 cm³/mol. The smallest absolute Gasteiger partial charge is 0.343 e. The van der Waals surface area contributed by atoms with Crippen LogP contribution >= 0.6 is 11.8 Å². The second-order valence-electron chi connectivity index (χ2n) is 6.03. The van der Waals surface area contributed by atoms with E-state index in [4.69, 9.17) is 4.74 Å². The Morgan fingerprint density at radius 1 is 1.48 bits per heavy atom. The van der Waals surface area contributed by atoms with Crippen LogP contribution in [0, 0.1) is 5.92 Å². The standard InChI is InChI=1S/C15H26N4O3S/c1-11-6-3-4-7-12(11)16-13(20)10-23-15-18-17-14(21)19(15)8-5-9-22-2/h11-12H,3-10H2,1-2H3,(H,16,20)(H,17,21)/t11-,12+/m0/s1. The summed E-state index contributed by atoms with van der Waals surface area (Å²) >= 11 is 1.29. The van der Waals surface area contributed by atoms with Crippen molar-refractivity contribution in [3.63, 3.8) is 0 Å². The second-order valence-corrected chi connectivity index (χ2v) is 6.98. The van der Waals surface area contributed by atoms with Crippen LogP contribution in [0.3, 0.4) is 0 Å². The van der Waals surface area contributed by atoms with Gasteiger partial charge in [-0.1, -0.05) is 31.5 Å². The molecule has 23 heavy (non-hydrogen) atoms. The highest BCUT2D eigenvalue weighted by Gasteiger charge is 2.23. The van der Waals surface area contributed by atoms with Gasteiger partial charge in [0.05, 0.1) is 5.75 Å². The van der Waals surface area contributed by atoms with E-state index in [2.05, 4.69) is 22.4 Å². The minimum absolute atomic E-state index is 0.00707. The maximum atomic E-state index is 12.1. The molecule has 1 aromatic rings. The van der Waals surface area contributed by atoms with Crippen molar-refractivity contribution in [3.05, 3.63) is 10.5 Å². The number of amides is 1. The summed E-state index contributed by atoms with van der Waals surface area (Å²) in [5.74, 6) is 0.820. The number of nitrogens with zero attached hydrogens (tertiary/aromatic N) is 2. The Labute approximate surface area is 140 Å². The number of ether oxygens (including phenoxy) is 1. The van der Waals surface area contributed by atoms with Gasteiger partial charge in [-0.25, -0.2) is 9.89 Å². The fraction of sp³-hybridized carbons (Fsp3) is 0.800. The Bertz CT molecular complexity index is 557. The molecule has 0 saturated heterocycles. The third-order valence-corrected chi connectivity index (χ3v) is 5.22. The summed E-state index contributed by atoms with van der Waals surface area (Å²) in [6.45, 7) is 3.31. The molecule has 7 nitrogen and oxygen atoms in total. The van der Waals surface area contributed by atoms with Gasteiger partial charge in [0.25, 0.3) is 0 Å². The van der Waals surface area contributed by atoms with E-state index in [1.54, 1.807) is 11.7 Å². The zero-order chi connectivity index (χ0) is 16.7. The van der Waals surface area contributed by atoms with Crippen molar-refractivity contribution in [2.24, 2.45) is 5.92 Å². The minimum Gasteiger partial charge on any atom is -0.385 e. The van der Waals surface area contributed by atoms with Crippen LogP contribution in [0.25, 0.3) is 0 Å². The minimum atomic E-state index is -0.245. The van der Waals surface area contributed by atoms with Crippen LogP contribution < -0.4 is 11.0 Å². The van der Waals surface area contributed by atoms with E-state index < -0.39 is 0 Å². The van der Waals surface area contributed by atoms with Crippen LogP contribution in [0.5, 0.6) is 0 Å². The molecule has 0 radical (unpaired) electrons. The van der Waals surface area contributed by atoms with E-state index in [0.29, 0.717) is 24.2 Å². The van der Waals surface area contributed by atoms with E-state index in [1.807, 2.05) is 0 Å². The Kier molecular flexibility index (Phi) is 7.16. The van der Waals surface area contributed by atoms with Gasteiger partial charge in [-0.3, -0.25) is 9.36 Å². The number of methoxy groups -OCH3 is 1. The quantitative estimate of drug-likeness (QED) is 0.550. The third kappa shape index (κ3) is 5.39. The highest BCUT2D eigenvalue weighted by Crippen LogP contribution is 2.24. The van der Waals surface area contributed by atoms with Crippen molar-refractivity contribution in [2.45, 2.75) is 56.8 Å². The van der Waals surface area contributed by atoms with Crippen LogP contribution in [0.4, 0.5) is 0 Å². The number of carbonyl (C=O) groups excluding carboxylic acids is 1. The summed E-state index contributed by atoms with van der Waals surface area (Å²) in [6.07, 6.45) is 5.40. The number of nitrogens with one attached hydrogen (secondary N) is 2. The molecular weight excluding hydrogens is 316 g/mol. The molecular formula is C15H26N4O3S. The van der Waals surface area contributed by atoms with Crippen molar-refractivity contribution >= 4 is 17.7 Å². The molecule has 8 heteroatoms. The number of H-pyrrole nitrogens is 1. The average molecular weight is 342 g/mol.